The van der Waals surface area contributed by atoms with Crippen molar-refractivity contribution in [2.45, 2.75) is 24.8 Å². The molecule has 0 amide bonds. The van der Waals surface area contributed by atoms with Gasteiger partial charge in [0.1, 0.15) is 0 Å². The number of hydrogen-bond donors (Lipinski definition) is 2. The zero-order chi connectivity index (χ0) is 19.4. The Balaban J connectivity index is 1.95. The maximum atomic E-state index is 12.9. The first kappa shape index (κ1) is 19.3. The second-order valence-electron chi connectivity index (χ2n) is 5.90. The van der Waals surface area contributed by atoms with Gasteiger partial charge in [-0.1, -0.05) is 48.9 Å². The minimum Gasteiger partial charge on any atom is -0.268 e. The monoisotopic (exact) mass is 403 g/mol. The molecule has 8 heteroatoms. The van der Waals surface area contributed by atoms with Gasteiger partial charge < -0.3 is 0 Å². The highest BCUT2D eigenvalue weighted by Gasteiger charge is 2.19. The van der Waals surface area contributed by atoms with Crippen molar-refractivity contribution in [1.29, 1.82) is 0 Å². The number of nitrogens with one attached hydrogen (secondary N) is 2. The van der Waals surface area contributed by atoms with E-state index in [1.807, 2.05) is 6.92 Å². The molecule has 2 N–H and O–H groups in total. The van der Waals surface area contributed by atoms with E-state index in [1.54, 1.807) is 48.5 Å². The first-order valence-electron chi connectivity index (χ1n) is 8.33. The lowest BCUT2D eigenvalue weighted by molar-refractivity contribution is 0.580. The van der Waals surface area contributed by atoms with Crippen molar-refractivity contribution in [2.75, 3.05) is 0 Å². The highest BCUT2D eigenvalue weighted by Crippen LogP contribution is 2.24. The van der Waals surface area contributed by atoms with Gasteiger partial charge in [0.25, 0.3) is 5.56 Å². The van der Waals surface area contributed by atoms with E-state index in [4.69, 9.17) is 11.6 Å². The molecule has 0 fully saturated rings. The van der Waals surface area contributed by atoms with Crippen LogP contribution >= 0.6 is 11.6 Å². The van der Waals surface area contributed by atoms with E-state index in [0.29, 0.717) is 33.8 Å². The van der Waals surface area contributed by atoms with Crippen molar-refractivity contribution < 1.29 is 8.42 Å². The molecule has 1 heterocycles. The van der Waals surface area contributed by atoms with Crippen LogP contribution in [0.15, 0.2) is 64.3 Å². The fraction of sp³-hybridized carbons (Fsp3) is 0.158. The second-order valence-corrected chi connectivity index (χ2v) is 8.04. The molecule has 3 aromatic rings. The van der Waals surface area contributed by atoms with Gasteiger partial charge in [-0.3, -0.25) is 4.79 Å². The fourth-order valence-corrected chi connectivity index (χ4v) is 4.20. The number of nitrogens with zero attached hydrogens (tertiary/aromatic N) is 1. The minimum absolute atomic E-state index is 0.0896. The predicted octanol–water partition coefficient (Wildman–Crippen LogP) is 3.13. The SMILES string of the molecule is CCc1ccc(-c2ccc(=O)[nH]n2)cc1S(=O)(=O)NCc1ccccc1Cl. The second kappa shape index (κ2) is 8.04. The van der Waals surface area contributed by atoms with Gasteiger partial charge >= 0.3 is 0 Å². The molecule has 6 nitrogen and oxygen atoms in total. The lowest BCUT2D eigenvalue weighted by Crippen LogP contribution is -2.24. The minimum atomic E-state index is -3.77. The molecule has 1 aromatic heterocycles. The van der Waals surface area contributed by atoms with Crippen molar-refractivity contribution in [2.24, 2.45) is 0 Å². The van der Waals surface area contributed by atoms with E-state index in [9.17, 15) is 13.2 Å². The molecule has 0 saturated heterocycles. The van der Waals surface area contributed by atoms with Crippen LogP contribution in [0.25, 0.3) is 11.3 Å². The number of sulfonamides is 1. The number of benzene rings is 2. The normalized spacial score (nSPS) is 11.5. The average molecular weight is 404 g/mol. The molecular formula is C19H18ClN3O3S. The smallest absolute Gasteiger partial charge is 0.264 e. The van der Waals surface area contributed by atoms with Gasteiger partial charge in [-0.25, -0.2) is 18.2 Å². The molecule has 0 aliphatic carbocycles. The summed E-state index contributed by atoms with van der Waals surface area (Å²) in [6.45, 7) is 1.98. The van der Waals surface area contributed by atoms with E-state index < -0.39 is 10.0 Å². The number of aromatic amines is 1. The fourth-order valence-electron chi connectivity index (χ4n) is 2.65. The summed E-state index contributed by atoms with van der Waals surface area (Å²) in [7, 11) is -3.77. The number of aryl methyl sites for hydroxylation is 1. The Hall–Kier alpha value is -2.48. The quantitative estimate of drug-likeness (QED) is 0.661. The molecule has 0 saturated carbocycles. The molecule has 140 valence electrons. The summed E-state index contributed by atoms with van der Waals surface area (Å²) < 4.78 is 28.4. The van der Waals surface area contributed by atoms with Crippen LogP contribution < -0.4 is 10.3 Å². The zero-order valence-electron chi connectivity index (χ0n) is 14.6. The highest BCUT2D eigenvalue weighted by molar-refractivity contribution is 7.89. The predicted molar refractivity (Wildman–Crippen MR) is 105 cm³/mol. The molecule has 2 aromatic carbocycles. The number of halogens is 1. The van der Waals surface area contributed by atoms with Crippen molar-refractivity contribution in [3.63, 3.8) is 0 Å². The molecule has 0 bridgehead atoms. The summed E-state index contributed by atoms with van der Waals surface area (Å²) in [4.78, 5) is 11.4. The first-order chi connectivity index (χ1) is 12.9. The number of hydrogen-bond acceptors (Lipinski definition) is 4. The number of aromatic nitrogens is 2. The van der Waals surface area contributed by atoms with Crippen molar-refractivity contribution in [1.82, 2.24) is 14.9 Å². The van der Waals surface area contributed by atoms with E-state index in [1.165, 1.54) is 6.07 Å². The van der Waals surface area contributed by atoms with E-state index in [-0.39, 0.29) is 17.0 Å². The third-order valence-corrected chi connectivity index (χ3v) is 5.98. The van der Waals surface area contributed by atoms with Gasteiger partial charge in [0, 0.05) is 23.2 Å². The molecule has 27 heavy (non-hydrogen) atoms. The molecule has 0 spiro atoms. The Labute approximate surface area is 162 Å². The van der Waals surface area contributed by atoms with Gasteiger partial charge in [-0.2, -0.15) is 5.10 Å². The van der Waals surface area contributed by atoms with Gasteiger partial charge in [0.15, 0.2) is 0 Å². The van der Waals surface area contributed by atoms with Crippen LogP contribution in [0.4, 0.5) is 0 Å². The molecule has 0 aliphatic heterocycles. The third kappa shape index (κ3) is 4.44. The molecule has 0 aliphatic rings. The van der Waals surface area contributed by atoms with Crippen LogP contribution in [0.2, 0.25) is 5.02 Å². The Kier molecular flexibility index (Phi) is 5.74. The average Bonchev–Trinajstić information content (AvgIpc) is 2.67. The number of H-pyrrole nitrogens is 1. The third-order valence-electron chi connectivity index (χ3n) is 4.12. The van der Waals surface area contributed by atoms with Crippen molar-refractivity contribution >= 4 is 21.6 Å². The lowest BCUT2D eigenvalue weighted by atomic mass is 10.1. The summed E-state index contributed by atoms with van der Waals surface area (Å²) in [6, 6.07) is 15.1. The maximum absolute atomic E-state index is 12.9. The maximum Gasteiger partial charge on any atom is 0.264 e. The van der Waals surface area contributed by atoms with Gasteiger partial charge in [0.05, 0.1) is 10.6 Å². The van der Waals surface area contributed by atoms with Gasteiger partial charge in [-0.15, -0.1) is 0 Å². The molecule has 0 radical (unpaired) electrons. The summed E-state index contributed by atoms with van der Waals surface area (Å²) in [6.07, 6.45) is 0.557. The first-order valence-corrected chi connectivity index (χ1v) is 10.2. The zero-order valence-corrected chi connectivity index (χ0v) is 16.1. The van der Waals surface area contributed by atoms with Gasteiger partial charge in [0.2, 0.25) is 10.0 Å². The standard InChI is InChI=1S/C19H18ClN3O3S/c1-2-13-7-8-14(17-9-10-19(24)23-22-17)11-18(13)27(25,26)21-12-15-5-3-4-6-16(15)20/h3-11,21H,2,12H2,1H3,(H,23,24). The molecule has 0 atom stereocenters. The van der Waals surface area contributed by atoms with Crippen LogP contribution in [0.1, 0.15) is 18.1 Å². The molecule has 0 unspecified atom stereocenters. The number of rotatable bonds is 6. The highest BCUT2D eigenvalue weighted by atomic mass is 35.5. The lowest BCUT2D eigenvalue weighted by Gasteiger charge is -2.13. The topological polar surface area (TPSA) is 91.9 Å². The summed E-state index contributed by atoms with van der Waals surface area (Å²) in [5, 5.41) is 6.82. The van der Waals surface area contributed by atoms with Crippen LogP contribution in [0, 0.1) is 0 Å². The van der Waals surface area contributed by atoms with Crippen LogP contribution in [0.5, 0.6) is 0 Å². The Morgan fingerprint density at radius 3 is 2.52 bits per heavy atom. The molecule has 3 rings (SSSR count). The van der Waals surface area contributed by atoms with E-state index in [2.05, 4.69) is 14.9 Å². The van der Waals surface area contributed by atoms with Crippen LogP contribution in [0.3, 0.4) is 0 Å². The summed E-state index contributed by atoms with van der Waals surface area (Å²) in [5.41, 5.74) is 2.15. The Bertz CT molecular complexity index is 1110. The summed E-state index contributed by atoms with van der Waals surface area (Å²) in [5.74, 6) is 0. The Morgan fingerprint density at radius 2 is 1.85 bits per heavy atom. The van der Waals surface area contributed by atoms with Gasteiger partial charge in [-0.05, 0) is 35.7 Å². The molecular weight excluding hydrogens is 386 g/mol. The summed E-state index contributed by atoms with van der Waals surface area (Å²) >= 11 is 6.10. The van der Waals surface area contributed by atoms with E-state index >= 15 is 0 Å². The Morgan fingerprint density at radius 1 is 1.07 bits per heavy atom. The van der Waals surface area contributed by atoms with E-state index in [0.717, 1.165) is 0 Å². The van der Waals surface area contributed by atoms with Crippen molar-refractivity contribution in [3.05, 3.63) is 81.1 Å². The van der Waals surface area contributed by atoms with Crippen molar-refractivity contribution in [3.8, 4) is 11.3 Å². The van der Waals surface area contributed by atoms with Crippen LogP contribution in [-0.2, 0) is 23.0 Å². The van der Waals surface area contributed by atoms with Crippen LogP contribution in [-0.4, -0.2) is 18.6 Å². The largest absolute Gasteiger partial charge is 0.268 e.